The summed E-state index contributed by atoms with van der Waals surface area (Å²) in [6.45, 7) is 2.84. The molecule has 0 aliphatic carbocycles. The number of hydrogen-bond acceptors (Lipinski definition) is 7. The van der Waals surface area contributed by atoms with E-state index < -0.39 is 0 Å². The van der Waals surface area contributed by atoms with Crippen molar-refractivity contribution in [3.8, 4) is 0 Å². The third-order valence-corrected chi connectivity index (χ3v) is 4.22. The number of nitrogens with two attached hydrogens (primary N) is 1. The number of aromatic nitrogens is 3. The molecule has 0 radical (unpaired) electrons. The molecule has 9 heteroatoms. The largest absolute Gasteiger partial charge is 0.382 e. The zero-order valence-corrected chi connectivity index (χ0v) is 12.4. The fourth-order valence-electron chi connectivity index (χ4n) is 2.03. The average Bonchev–Trinajstić information content (AvgIpc) is 3.06. The first kappa shape index (κ1) is 13.8. The predicted octanol–water partition coefficient (Wildman–Crippen LogP) is 0.548. The standard InChI is InChI=1S/C12H16N6O2S/c1-17-3-2-8(16-17)14-11(19)9-10(13)15-12(21-9)18-4-6-20-7-5-18/h2-3H,4-7,13H2,1H3,(H,14,16,19). The van der Waals surface area contributed by atoms with E-state index in [0.29, 0.717) is 23.9 Å². The molecule has 112 valence electrons. The molecule has 1 amide bonds. The monoisotopic (exact) mass is 308 g/mol. The van der Waals surface area contributed by atoms with Crippen molar-refractivity contribution in [2.45, 2.75) is 0 Å². The molecule has 8 nitrogen and oxygen atoms in total. The third kappa shape index (κ3) is 2.98. The number of carbonyl (C=O) groups excluding carboxylic acids is 1. The van der Waals surface area contributed by atoms with Crippen LogP contribution in [0.3, 0.4) is 0 Å². The van der Waals surface area contributed by atoms with Crippen molar-refractivity contribution in [3.63, 3.8) is 0 Å². The van der Waals surface area contributed by atoms with Gasteiger partial charge in [0.25, 0.3) is 5.91 Å². The number of anilines is 3. The maximum atomic E-state index is 12.2. The summed E-state index contributed by atoms with van der Waals surface area (Å²) in [6, 6.07) is 1.72. The zero-order valence-electron chi connectivity index (χ0n) is 11.6. The van der Waals surface area contributed by atoms with Crippen LogP contribution in [0, 0.1) is 0 Å². The Bertz CT molecular complexity index is 646. The fraction of sp³-hybridized carbons (Fsp3) is 0.417. The summed E-state index contributed by atoms with van der Waals surface area (Å²) in [5.74, 6) is 0.446. The smallest absolute Gasteiger partial charge is 0.270 e. The van der Waals surface area contributed by atoms with E-state index in [4.69, 9.17) is 10.5 Å². The molecule has 0 atom stereocenters. The molecule has 1 aliphatic rings. The van der Waals surface area contributed by atoms with Gasteiger partial charge in [-0.3, -0.25) is 9.48 Å². The first-order chi connectivity index (χ1) is 10.1. The van der Waals surface area contributed by atoms with Crippen molar-refractivity contribution in [1.82, 2.24) is 14.8 Å². The summed E-state index contributed by atoms with van der Waals surface area (Å²) in [4.78, 5) is 19.0. The predicted molar refractivity (Wildman–Crippen MR) is 80.7 cm³/mol. The number of nitrogens with zero attached hydrogens (tertiary/aromatic N) is 4. The molecular weight excluding hydrogens is 292 g/mol. The van der Waals surface area contributed by atoms with Gasteiger partial charge in [0.1, 0.15) is 10.7 Å². The van der Waals surface area contributed by atoms with Crippen LogP contribution in [0.25, 0.3) is 0 Å². The first-order valence-corrected chi connectivity index (χ1v) is 7.35. The van der Waals surface area contributed by atoms with E-state index in [9.17, 15) is 4.79 Å². The highest BCUT2D eigenvalue weighted by Crippen LogP contribution is 2.29. The van der Waals surface area contributed by atoms with Crippen molar-refractivity contribution in [1.29, 1.82) is 0 Å². The fourth-order valence-corrected chi connectivity index (χ4v) is 2.96. The number of thiazole rings is 1. The Kier molecular flexibility index (Phi) is 3.76. The molecule has 0 unspecified atom stereocenters. The molecule has 0 aromatic carbocycles. The minimum absolute atomic E-state index is 0.245. The van der Waals surface area contributed by atoms with Crippen LogP contribution in [0.2, 0.25) is 0 Å². The highest BCUT2D eigenvalue weighted by atomic mass is 32.1. The van der Waals surface area contributed by atoms with Crippen LogP contribution in [-0.4, -0.2) is 47.0 Å². The summed E-state index contributed by atoms with van der Waals surface area (Å²) in [5.41, 5.74) is 5.86. The molecule has 3 heterocycles. The Morgan fingerprint density at radius 3 is 2.90 bits per heavy atom. The van der Waals surface area contributed by atoms with E-state index in [2.05, 4.69) is 20.3 Å². The number of aryl methyl sites for hydroxylation is 1. The summed E-state index contributed by atoms with van der Waals surface area (Å²) < 4.78 is 6.92. The first-order valence-electron chi connectivity index (χ1n) is 6.53. The number of hydrogen-bond donors (Lipinski definition) is 2. The third-order valence-electron chi connectivity index (χ3n) is 3.09. The van der Waals surface area contributed by atoms with Gasteiger partial charge in [0.2, 0.25) is 0 Å². The number of rotatable bonds is 3. The SMILES string of the molecule is Cn1ccc(NC(=O)c2sc(N3CCOCC3)nc2N)n1. The Morgan fingerprint density at radius 2 is 2.24 bits per heavy atom. The number of morpholine rings is 1. The van der Waals surface area contributed by atoms with Gasteiger partial charge in [0.15, 0.2) is 10.9 Å². The zero-order chi connectivity index (χ0) is 14.8. The lowest BCUT2D eigenvalue weighted by Crippen LogP contribution is -2.36. The second-order valence-corrected chi connectivity index (χ2v) is 5.62. The highest BCUT2D eigenvalue weighted by molar-refractivity contribution is 7.18. The highest BCUT2D eigenvalue weighted by Gasteiger charge is 2.21. The Hall–Kier alpha value is -2.13. The second-order valence-electron chi connectivity index (χ2n) is 4.64. The second kappa shape index (κ2) is 5.70. The molecule has 3 rings (SSSR count). The summed E-state index contributed by atoms with van der Waals surface area (Å²) >= 11 is 1.29. The number of nitrogen functional groups attached to an aromatic ring is 1. The topological polar surface area (TPSA) is 98.3 Å². The van der Waals surface area contributed by atoms with Crippen molar-refractivity contribution in [2.24, 2.45) is 7.05 Å². The van der Waals surface area contributed by atoms with Crippen LogP contribution in [0.1, 0.15) is 9.67 Å². The molecule has 0 saturated carbocycles. The van der Waals surface area contributed by atoms with Crippen LogP contribution in [0.5, 0.6) is 0 Å². The summed E-state index contributed by atoms with van der Waals surface area (Å²) in [5, 5.41) is 7.57. The van der Waals surface area contributed by atoms with Gasteiger partial charge in [-0.25, -0.2) is 4.98 Å². The molecule has 21 heavy (non-hydrogen) atoms. The summed E-state index contributed by atoms with van der Waals surface area (Å²) in [7, 11) is 1.78. The lowest BCUT2D eigenvalue weighted by molar-refractivity contribution is 0.103. The van der Waals surface area contributed by atoms with Crippen LogP contribution < -0.4 is 16.0 Å². The lowest BCUT2D eigenvalue weighted by Gasteiger charge is -2.25. The maximum Gasteiger partial charge on any atom is 0.270 e. The van der Waals surface area contributed by atoms with Crippen LogP contribution in [0.4, 0.5) is 16.8 Å². The Morgan fingerprint density at radius 1 is 1.48 bits per heavy atom. The maximum absolute atomic E-state index is 12.2. The Balaban J connectivity index is 1.75. The van der Waals surface area contributed by atoms with Gasteiger partial charge in [-0.2, -0.15) is 5.10 Å². The van der Waals surface area contributed by atoms with Gasteiger partial charge < -0.3 is 20.7 Å². The molecular formula is C12H16N6O2S. The minimum atomic E-state index is -0.289. The molecule has 1 fully saturated rings. The van der Waals surface area contributed by atoms with Gasteiger partial charge in [-0.1, -0.05) is 11.3 Å². The normalized spacial score (nSPS) is 15.2. The molecule has 2 aromatic rings. The lowest BCUT2D eigenvalue weighted by atomic mass is 10.4. The number of nitrogens with one attached hydrogen (secondary N) is 1. The molecule has 1 aliphatic heterocycles. The van der Waals surface area contributed by atoms with Crippen molar-refractivity contribution in [3.05, 3.63) is 17.1 Å². The van der Waals surface area contributed by atoms with Gasteiger partial charge >= 0.3 is 0 Å². The van der Waals surface area contributed by atoms with Gasteiger partial charge in [0, 0.05) is 32.4 Å². The van der Waals surface area contributed by atoms with Crippen LogP contribution in [-0.2, 0) is 11.8 Å². The van der Waals surface area contributed by atoms with Gasteiger partial charge in [-0.05, 0) is 0 Å². The van der Waals surface area contributed by atoms with E-state index >= 15 is 0 Å². The Labute approximate surface area is 125 Å². The van der Waals surface area contributed by atoms with E-state index in [1.165, 1.54) is 11.3 Å². The quantitative estimate of drug-likeness (QED) is 0.859. The van der Waals surface area contributed by atoms with Crippen molar-refractivity contribution in [2.75, 3.05) is 42.3 Å². The van der Waals surface area contributed by atoms with E-state index in [-0.39, 0.29) is 11.7 Å². The van der Waals surface area contributed by atoms with E-state index in [1.54, 1.807) is 24.0 Å². The van der Waals surface area contributed by atoms with Crippen molar-refractivity contribution >= 4 is 34.0 Å². The van der Waals surface area contributed by atoms with Gasteiger partial charge in [-0.15, -0.1) is 0 Å². The molecule has 0 bridgehead atoms. The minimum Gasteiger partial charge on any atom is -0.382 e. The van der Waals surface area contributed by atoms with Crippen LogP contribution in [0.15, 0.2) is 12.3 Å². The van der Waals surface area contributed by atoms with E-state index in [0.717, 1.165) is 18.2 Å². The number of carbonyl (C=O) groups is 1. The van der Waals surface area contributed by atoms with Gasteiger partial charge in [0.05, 0.1) is 13.2 Å². The number of amides is 1. The molecule has 1 saturated heterocycles. The van der Waals surface area contributed by atoms with Crippen molar-refractivity contribution < 1.29 is 9.53 Å². The van der Waals surface area contributed by atoms with Crippen LogP contribution >= 0.6 is 11.3 Å². The molecule has 2 aromatic heterocycles. The average molecular weight is 308 g/mol. The molecule has 0 spiro atoms. The summed E-state index contributed by atoms with van der Waals surface area (Å²) in [6.07, 6.45) is 1.75. The van der Waals surface area contributed by atoms with E-state index in [1.807, 2.05) is 0 Å². The number of ether oxygens (including phenoxy) is 1. The molecule has 3 N–H and O–H groups in total.